The number of halogens is 2. The Morgan fingerprint density at radius 3 is 2.56 bits per heavy atom. The monoisotopic (exact) mass is 253 g/mol. The molecule has 3 nitrogen and oxygen atoms in total. The summed E-state index contributed by atoms with van der Waals surface area (Å²) in [6, 6.07) is 4.44. The molecule has 0 fully saturated rings. The van der Waals surface area contributed by atoms with E-state index in [1.807, 2.05) is 6.92 Å². The Hall–Kier alpha value is -1.96. The van der Waals surface area contributed by atoms with Crippen LogP contribution in [0.5, 0.6) is 0 Å². The molecule has 0 atom stereocenters. The fourth-order valence-electron chi connectivity index (χ4n) is 1.62. The van der Waals surface area contributed by atoms with Gasteiger partial charge in [0.2, 0.25) is 0 Å². The molecule has 0 aromatic heterocycles. The van der Waals surface area contributed by atoms with Gasteiger partial charge < -0.3 is 4.74 Å². The third kappa shape index (κ3) is 2.83. The third-order valence-electron chi connectivity index (χ3n) is 2.48. The Kier molecular flexibility index (Phi) is 4.78. The van der Waals surface area contributed by atoms with Gasteiger partial charge in [0, 0.05) is 5.56 Å². The predicted octanol–water partition coefficient (Wildman–Crippen LogP) is 3.23. The molecule has 0 saturated heterocycles. The molecular weight excluding hydrogens is 240 g/mol. The summed E-state index contributed by atoms with van der Waals surface area (Å²) in [5.41, 5.74) is -0.290. The lowest BCUT2D eigenvalue weighted by atomic mass is 9.97. The van der Waals surface area contributed by atoms with Crippen LogP contribution in [0.4, 0.5) is 8.78 Å². The largest absolute Gasteiger partial charge is 0.462 e. The van der Waals surface area contributed by atoms with Crippen molar-refractivity contribution in [3.05, 3.63) is 34.4 Å². The fraction of sp³-hybridized carbons (Fsp3) is 0.385. The van der Waals surface area contributed by atoms with Crippen LogP contribution in [0.3, 0.4) is 0 Å². The molecule has 0 amide bonds. The van der Waals surface area contributed by atoms with Crippen LogP contribution in [-0.2, 0) is 11.2 Å². The molecule has 0 heterocycles. The summed E-state index contributed by atoms with van der Waals surface area (Å²) in [7, 11) is 0. The molecule has 0 unspecified atom stereocenters. The number of hydrogen-bond donors (Lipinski definition) is 0. The predicted molar refractivity (Wildman–Crippen MR) is 61.4 cm³/mol. The van der Waals surface area contributed by atoms with Crippen molar-refractivity contribution in [2.45, 2.75) is 26.7 Å². The van der Waals surface area contributed by atoms with E-state index in [0.717, 1.165) is 0 Å². The number of carbonyl (C=O) groups is 1. The summed E-state index contributed by atoms with van der Waals surface area (Å²) in [6.45, 7) is 3.50. The number of esters is 1. The molecule has 96 valence electrons. The maximum atomic E-state index is 13.0. The SMILES string of the molecule is CCOC(=O)c1cc(CC)cc(C#N)c1C(F)F. The normalized spacial score (nSPS) is 10.2. The van der Waals surface area contributed by atoms with Gasteiger partial charge in [0.1, 0.15) is 0 Å². The summed E-state index contributed by atoms with van der Waals surface area (Å²) in [5.74, 6) is -0.820. The van der Waals surface area contributed by atoms with Crippen molar-refractivity contribution in [3.8, 4) is 6.07 Å². The highest BCUT2D eigenvalue weighted by Crippen LogP contribution is 2.28. The topological polar surface area (TPSA) is 50.1 Å². The van der Waals surface area contributed by atoms with E-state index in [1.54, 1.807) is 13.0 Å². The molecule has 0 radical (unpaired) electrons. The van der Waals surface area contributed by atoms with Crippen LogP contribution in [0, 0.1) is 11.3 Å². The number of rotatable bonds is 4. The van der Waals surface area contributed by atoms with E-state index in [-0.39, 0.29) is 17.7 Å². The molecule has 1 rings (SSSR count). The van der Waals surface area contributed by atoms with Gasteiger partial charge in [0.25, 0.3) is 6.43 Å². The van der Waals surface area contributed by atoms with E-state index in [0.29, 0.717) is 12.0 Å². The molecule has 0 saturated carbocycles. The molecule has 5 heteroatoms. The second kappa shape index (κ2) is 6.10. The molecule has 0 aliphatic rings. The van der Waals surface area contributed by atoms with Crippen molar-refractivity contribution in [3.63, 3.8) is 0 Å². The van der Waals surface area contributed by atoms with Crippen LogP contribution < -0.4 is 0 Å². The number of aryl methyl sites for hydroxylation is 1. The van der Waals surface area contributed by atoms with Gasteiger partial charge in [-0.25, -0.2) is 13.6 Å². The van der Waals surface area contributed by atoms with Gasteiger partial charge in [-0.2, -0.15) is 5.26 Å². The van der Waals surface area contributed by atoms with Gasteiger partial charge in [-0.05, 0) is 31.0 Å². The van der Waals surface area contributed by atoms with Crippen molar-refractivity contribution in [1.29, 1.82) is 5.26 Å². The second-order valence-corrected chi connectivity index (χ2v) is 3.59. The summed E-state index contributed by atoms with van der Waals surface area (Å²) in [4.78, 5) is 11.6. The molecule has 0 bridgehead atoms. The highest BCUT2D eigenvalue weighted by atomic mass is 19.3. The summed E-state index contributed by atoms with van der Waals surface area (Å²) in [6.07, 6.45) is -2.34. The Morgan fingerprint density at radius 1 is 1.44 bits per heavy atom. The minimum absolute atomic E-state index is 0.0970. The number of nitrogens with zero attached hydrogens (tertiary/aromatic N) is 1. The summed E-state index contributed by atoms with van der Waals surface area (Å²) < 4.78 is 30.6. The number of hydrogen-bond acceptors (Lipinski definition) is 3. The quantitative estimate of drug-likeness (QED) is 0.774. The maximum Gasteiger partial charge on any atom is 0.338 e. The van der Waals surface area contributed by atoms with Crippen molar-refractivity contribution >= 4 is 5.97 Å². The first-order valence-electron chi connectivity index (χ1n) is 5.57. The first-order valence-corrected chi connectivity index (χ1v) is 5.57. The number of benzene rings is 1. The van der Waals surface area contributed by atoms with Crippen LogP contribution in [0.1, 0.15) is 47.3 Å². The molecule has 0 aliphatic carbocycles. The molecule has 1 aromatic carbocycles. The Labute approximate surface area is 104 Å². The Balaban J connectivity index is 3.45. The average molecular weight is 253 g/mol. The molecular formula is C13H13F2NO2. The van der Waals surface area contributed by atoms with Crippen LogP contribution >= 0.6 is 0 Å². The highest BCUT2D eigenvalue weighted by Gasteiger charge is 2.24. The maximum absolute atomic E-state index is 13.0. The van der Waals surface area contributed by atoms with Gasteiger partial charge in [-0.15, -0.1) is 0 Å². The number of nitriles is 1. The zero-order chi connectivity index (χ0) is 13.7. The van der Waals surface area contributed by atoms with Gasteiger partial charge >= 0.3 is 5.97 Å². The van der Waals surface area contributed by atoms with Crippen LogP contribution in [0.15, 0.2) is 12.1 Å². The molecule has 1 aromatic rings. The minimum Gasteiger partial charge on any atom is -0.462 e. The number of ether oxygens (including phenoxy) is 1. The van der Waals surface area contributed by atoms with E-state index in [1.165, 1.54) is 12.1 Å². The molecule has 0 spiro atoms. The van der Waals surface area contributed by atoms with E-state index < -0.39 is 18.0 Å². The van der Waals surface area contributed by atoms with Crippen molar-refractivity contribution in [1.82, 2.24) is 0 Å². The summed E-state index contributed by atoms with van der Waals surface area (Å²) in [5, 5.41) is 8.89. The van der Waals surface area contributed by atoms with Crippen LogP contribution in [0.25, 0.3) is 0 Å². The van der Waals surface area contributed by atoms with Gasteiger partial charge in [0.15, 0.2) is 0 Å². The lowest BCUT2D eigenvalue weighted by Gasteiger charge is -2.11. The van der Waals surface area contributed by atoms with E-state index >= 15 is 0 Å². The lowest BCUT2D eigenvalue weighted by molar-refractivity contribution is 0.0515. The number of alkyl halides is 2. The molecule has 0 N–H and O–H groups in total. The minimum atomic E-state index is -2.88. The van der Waals surface area contributed by atoms with Gasteiger partial charge in [-0.3, -0.25) is 0 Å². The second-order valence-electron chi connectivity index (χ2n) is 3.59. The first-order chi connectivity index (χ1) is 8.54. The average Bonchev–Trinajstić information content (AvgIpc) is 2.36. The van der Waals surface area contributed by atoms with Crippen LogP contribution in [-0.4, -0.2) is 12.6 Å². The standard InChI is InChI=1S/C13H13F2NO2/c1-3-8-5-9(7-16)11(12(14)15)10(6-8)13(17)18-4-2/h5-6,12H,3-4H2,1-2H3. The smallest absolute Gasteiger partial charge is 0.338 e. The number of carbonyl (C=O) groups excluding carboxylic acids is 1. The van der Waals surface area contributed by atoms with Gasteiger partial charge in [-0.1, -0.05) is 6.92 Å². The van der Waals surface area contributed by atoms with Gasteiger partial charge in [0.05, 0.1) is 23.8 Å². The first kappa shape index (κ1) is 14.1. The van der Waals surface area contributed by atoms with E-state index in [4.69, 9.17) is 10.00 Å². The Bertz CT molecular complexity index is 492. The lowest BCUT2D eigenvalue weighted by Crippen LogP contribution is -2.11. The zero-order valence-electron chi connectivity index (χ0n) is 10.2. The molecule has 0 aliphatic heterocycles. The van der Waals surface area contributed by atoms with Crippen molar-refractivity contribution in [2.24, 2.45) is 0 Å². The molecule has 18 heavy (non-hydrogen) atoms. The van der Waals surface area contributed by atoms with Crippen molar-refractivity contribution in [2.75, 3.05) is 6.61 Å². The van der Waals surface area contributed by atoms with E-state index in [2.05, 4.69) is 0 Å². The van der Waals surface area contributed by atoms with E-state index in [9.17, 15) is 13.6 Å². The summed E-state index contributed by atoms with van der Waals surface area (Å²) >= 11 is 0. The third-order valence-corrected chi connectivity index (χ3v) is 2.48. The van der Waals surface area contributed by atoms with Crippen LogP contribution in [0.2, 0.25) is 0 Å². The van der Waals surface area contributed by atoms with Crippen molar-refractivity contribution < 1.29 is 18.3 Å². The zero-order valence-corrected chi connectivity index (χ0v) is 10.2. The fourth-order valence-corrected chi connectivity index (χ4v) is 1.62. The highest BCUT2D eigenvalue weighted by molar-refractivity contribution is 5.92. The Morgan fingerprint density at radius 2 is 2.11 bits per heavy atom.